The largest absolute Gasteiger partial charge is 0.416 e. The molecule has 1 N–H and O–H groups in total. The number of piperazine rings is 1. The molecule has 2 aromatic rings. The molecule has 4 rings (SSSR count). The van der Waals surface area contributed by atoms with Crippen molar-refractivity contribution in [2.75, 3.05) is 32.7 Å². The maximum atomic E-state index is 13.5. The van der Waals surface area contributed by atoms with Crippen LogP contribution in [0, 0.1) is 6.92 Å². The van der Waals surface area contributed by atoms with Gasteiger partial charge in [0.15, 0.2) is 0 Å². The lowest BCUT2D eigenvalue weighted by molar-refractivity contribution is -0.137. The van der Waals surface area contributed by atoms with E-state index in [-0.39, 0.29) is 12.5 Å². The van der Waals surface area contributed by atoms with E-state index in [2.05, 4.69) is 31.0 Å². The van der Waals surface area contributed by atoms with Crippen molar-refractivity contribution >= 4 is 21.8 Å². The van der Waals surface area contributed by atoms with E-state index in [0.717, 1.165) is 42.3 Å². The quantitative estimate of drug-likeness (QED) is 0.439. The van der Waals surface area contributed by atoms with E-state index < -0.39 is 17.8 Å². The Morgan fingerprint density at radius 3 is 2.42 bits per heavy atom. The Hall–Kier alpha value is -1.90. The van der Waals surface area contributed by atoms with Gasteiger partial charge in [0.1, 0.15) is 6.04 Å². The first-order valence-corrected chi connectivity index (χ1v) is 13.7. The second kappa shape index (κ2) is 12.1. The molecule has 0 aromatic heterocycles. The van der Waals surface area contributed by atoms with Gasteiger partial charge in [-0.15, -0.1) is 0 Å². The Balaban J connectivity index is 1.42. The van der Waals surface area contributed by atoms with E-state index in [1.165, 1.54) is 38.2 Å². The van der Waals surface area contributed by atoms with Crippen molar-refractivity contribution < 1.29 is 18.0 Å². The first-order valence-electron chi connectivity index (χ1n) is 12.9. The van der Waals surface area contributed by atoms with Crippen molar-refractivity contribution in [3.8, 4) is 0 Å². The Bertz CT molecular complexity index is 1030. The molecule has 0 bridgehead atoms. The first kappa shape index (κ1) is 27.1. The van der Waals surface area contributed by atoms with Crippen LogP contribution >= 0.6 is 15.9 Å². The van der Waals surface area contributed by atoms with Gasteiger partial charge in [-0.1, -0.05) is 65.0 Å². The molecule has 8 heteroatoms. The van der Waals surface area contributed by atoms with Gasteiger partial charge >= 0.3 is 6.18 Å². The zero-order valence-electron chi connectivity index (χ0n) is 20.8. The van der Waals surface area contributed by atoms with Gasteiger partial charge in [0.2, 0.25) is 5.91 Å². The van der Waals surface area contributed by atoms with Crippen LogP contribution in [0.4, 0.5) is 13.2 Å². The number of amides is 1. The number of hydrogen-bond donors (Lipinski definition) is 1. The third-order valence-electron chi connectivity index (χ3n) is 7.43. The van der Waals surface area contributed by atoms with Crippen LogP contribution in [0.5, 0.6) is 0 Å². The molecule has 1 unspecified atom stereocenters. The maximum Gasteiger partial charge on any atom is 0.416 e. The number of benzene rings is 2. The molecule has 1 amide bonds. The number of nitrogens with one attached hydrogen (secondary N) is 1. The molecule has 1 saturated heterocycles. The number of rotatable bonds is 7. The van der Waals surface area contributed by atoms with Crippen LogP contribution in [0.1, 0.15) is 60.4 Å². The molecule has 1 aliphatic heterocycles. The molecule has 1 heterocycles. The third kappa shape index (κ3) is 6.90. The normalized spacial score (nSPS) is 19.2. The van der Waals surface area contributed by atoms with Crippen molar-refractivity contribution in [2.45, 2.75) is 63.7 Å². The highest BCUT2D eigenvalue weighted by molar-refractivity contribution is 9.10. The van der Waals surface area contributed by atoms with Gasteiger partial charge in [-0.25, -0.2) is 0 Å². The summed E-state index contributed by atoms with van der Waals surface area (Å²) >= 11 is 3.62. The van der Waals surface area contributed by atoms with E-state index in [0.29, 0.717) is 23.6 Å². The van der Waals surface area contributed by atoms with Crippen molar-refractivity contribution in [1.29, 1.82) is 0 Å². The molecule has 1 aliphatic carbocycles. The summed E-state index contributed by atoms with van der Waals surface area (Å²) in [6.07, 6.45) is 2.44. The fraction of sp³-hybridized carbons (Fsp3) is 0.536. The molecule has 0 radical (unpaired) electrons. The van der Waals surface area contributed by atoms with Crippen LogP contribution in [-0.4, -0.2) is 54.5 Å². The highest BCUT2D eigenvalue weighted by Gasteiger charge is 2.34. The van der Waals surface area contributed by atoms with Crippen LogP contribution in [0.25, 0.3) is 0 Å². The van der Waals surface area contributed by atoms with Crippen molar-refractivity contribution in [1.82, 2.24) is 15.1 Å². The minimum absolute atomic E-state index is 0.114. The zero-order valence-corrected chi connectivity index (χ0v) is 22.4. The molecular weight excluding hydrogens is 531 g/mol. The van der Waals surface area contributed by atoms with Gasteiger partial charge in [-0.3, -0.25) is 14.6 Å². The lowest BCUT2D eigenvalue weighted by Crippen LogP contribution is -2.53. The fourth-order valence-electron chi connectivity index (χ4n) is 5.60. The lowest BCUT2D eigenvalue weighted by Gasteiger charge is -2.43. The SMILES string of the molecule is Cc1cc(CCNC(=O)C(c2ccccc2Br)N2CCN(C3CCCCC3)CC2)cc(C(F)(F)F)c1. The number of carbonyl (C=O) groups excluding carboxylic acids is 1. The van der Waals surface area contributed by atoms with Gasteiger partial charge in [-0.2, -0.15) is 13.2 Å². The smallest absolute Gasteiger partial charge is 0.354 e. The molecule has 36 heavy (non-hydrogen) atoms. The van der Waals surface area contributed by atoms with Gasteiger partial charge in [0.25, 0.3) is 0 Å². The highest BCUT2D eigenvalue weighted by Crippen LogP contribution is 2.32. The number of alkyl halides is 3. The van der Waals surface area contributed by atoms with Crippen molar-refractivity contribution in [3.63, 3.8) is 0 Å². The van der Waals surface area contributed by atoms with Crippen molar-refractivity contribution in [3.05, 3.63) is 69.2 Å². The zero-order chi connectivity index (χ0) is 25.7. The predicted octanol–water partition coefficient (Wildman–Crippen LogP) is 6.13. The van der Waals surface area contributed by atoms with Gasteiger partial charge < -0.3 is 5.32 Å². The molecule has 1 atom stereocenters. The summed E-state index contributed by atoms with van der Waals surface area (Å²) in [6, 6.07) is 12.1. The monoisotopic (exact) mass is 565 g/mol. The van der Waals surface area contributed by atoms with Crippen LogP contribution < -0.4 is 5.32 Å². The Morgan fingerprint density at radius 2 is 1.75 bits per heavy atom. The topological polar surface area (TPSA) is 35.6 Å². The second-order valence-electron chi connectivity index (χ2n) is 10.0. The number of hydrogen-bond acceptors (Lipinski definition) is 3. The molecule has 4 nitrogen and oxygen atoms in total. The van der Waals surface area contributed by atoms with E-state index in [9.17, 15) is 18.0 Å². The molecule has 2 aromatic carbocycles. The Morgan fingerprint density at radius 1 is 1.06 bits per heavy atom. The van der Waals surface area contributed by atoms with Crippen LogP contribution in [-0.2, 0) is 17.4 Å². The van der Waals surface area contributed by atoms with E-state index in [4.69, 9.17) is 0 Å². The Labute approximate surface area is 220 Å². The van der Waals surface area contributed by atoms with E-state index in [1.807, 2.05) is 24.3 Å². The van der Waals surface area contributed by atoms with Crippen LogP contribution in [0.2, 0.25) is 0 Å². The molecule has 2 aliphatic rings. The average molecular weight is 567 g/mol. The van der Waals surface area contributed by atoms with Crippen LogP contribution in [0.3, 0.4) is 0 Å². The predicted molar refractivity (Wildman–Crippen MR) is 140 cm³/mol. The van der Waals surface area contributed by atoms with Crippen molar-refractivity contribution in [2.24, 2.45) is 0 Å². The average Bonchev–Trinajstić information content (AvgIpc) is 2.85. The fourth-order valence-corrected chi connectivity index (χ4v) is 6.11. The summed E-state index contributed by atoms with van der Waals surface area (Å²) in [4.78, 5) is 18.3. The number of carbonyl (C=O) groups is 1. The summed E-state index contributed by atoms with van der Waals surface area (Å²) in [6.45, 7) is 5.45. The van der Waals surface area contributed by atoms with E-state index >= 15 is 0 Å². The maximum absolute atomic E-state index is 13.5. The van der Waals surface area contributed by atoms with Crippen LogP contribution in [0.15, 0.2) is 46.9 Å². The third-order valence-corrected chi connectivity index (χ3v) is 8.15. The number of nitrogens with zero attached hydrogens (tertiary/aromatic N) is 2. The van der Waals surface area contributed by atoms with Gasteiger partial charge in [0.05, 0.1) is 5.56 Å². The molecule has 2 fully saturated rings. The second-order valence-corrected chi connectivity index (χ2v) is 10.9. The number of halogens is 4. The first-order chi connectivity index (χ1) is 17.2. The summed E-state index contributed by atoms with van der Waals surface area (Å²) in [5.41, 5.74) is 1.40. The minimum atomic E-state index is -4.38. The highest BCUT2D eigenvalue weighted by atomic mass is 79.9. The van der Waals surface area contributed by atoms with E-state index in [1.54, 1.807) is 13.0 Å². The molecule has 196 valence electrons. The molecular formula is C28H35BrF3N3O. The summed E-state index contributed by atoms with van der Waals surface area (Å²) in [5, 5.41) is 3.01. The molecule has 1 saturated carbocycles. The summed E-state index contributed by atoms with van der Waals surface area (Å²) in [5.74, 6) is -0.114. The summed E-state index contributed by atoms with van der Waals surface area (Å²) < 4.78 is 40.5. The Kier molecular flexibility index (Phi) is 9.12. The van der Waals surface area contributed by atoms with Gasteiger partial charge in [0, 0.05) is 43.2 Å². The minimum Gasteiger partial charge on any atom is -0.354 e. The molecule has 0 spiro atoms. The van der Waals surface area contributed by atoms with Gasteiger partial charge in [-0.05, 0) is 55.5 Å². The lowest BCUT2D eigenvalue weighted by atomic mass is 9.93. The number of aryl methyl sites for hydroxylation is 1. The standard InChI is InChI=1S/C28H35BrF3N3O/c1-20-17-21(19-22(18-20)28(30,31)32)11-12-33-27(36)26(24-9-5-6-10-25(24)29)35-15-13-34(14-16-35)23-7-3-2-4-8-23/h5-6,9-10,17-19,23,26H,2-4,7-8,11-16H2,1H3,(H,33,36). The summed E-state index contributed by atoms with van der Waals surface area (Å²) in [7, 11) is 0.